The van der Waals surface area contributed by atoms with Gasteiger partial charge in [-0.05, 0) is 48.0 Å². The van der Waals surface area contributed by atoms with Gasteiger partial charge in [0.2, 0.25) is 17.7 Å². The minimum absolute atomic E-state index is 0.173. The summed E-state index contributed by atoms with van der Waals surface area (Å²) in [6.45, 7) is -0.337. The van der Waals surface area contributed by atoms with Crippen LogP contribution in [-0.2, 0) is 20.9 Å². The molecule has 0 saturated carbocycles. The number of thiazole rings is 1. The van der Waals surface area contributed by atoms with Crippen molar-refractivity contribution in [3.63, 3.8) is 0 Å². The van der Waals surface area contributed by atoms with Crippen LogP contribution in [0.3, 0.4) is 0 Å². The van der Waals surface area contributed by atoms with Crippen molar-refractivity contribution in [2.24, 2.45) is 5.92 Å². The molecule has 1 saturated heterocycles. The zero-order chi connectivity index (χ0) is 30.6. The largest absolute Gasteiger partial charge is 0.324 e. The number of amides is 3. The molecule has 2 aliphatic rings. The number of nitrogens with one attached hydrogen (secondary N) is 1. The summed E-state index contributed by atoms with van der Waals surface area (Å²) >= 11 is 17.5. The van der Waals surface area contributed by atoms with Gasteiger partial charge in [0, 0.05) is 33.1 Å². The summed E-state index contributed by atoms with van der Waals surface area (Å²) in [5.74, 6) is -2.97. The molecular formula is C28H17BrCl2N4O6S2. The van der Waals surface area contributed by atoms with Crippen LogP contribution < -0.4 is 15.1 Å². The van der Waals surface area contributed by atoms with E-state index in [1.165, 1.54) is 41.0 Å². The summed E-state index contributed by atoms with van der Waals surface area (Å²) in [6.07, 6.45) is 0. The van der Waals surface area contributed by atoms with Gasteiger partial charge in [0.25, 0.3) is 5.69 Å². The predicted molar refractivity (Wildman–Crippen MR) is 168 cm³/mol. The minimum Gasteiger partial charge on any atom is -0.324 e. The van der Waals surface area contributed by atoms with Crippen LogP contribution in [-0.4, -0.2) is 32.5 Å². The van der Waals surface area contributed by atoms with Crippen LogP contribution in [0, 0.1) is 16.0 Å². The Hall–Kier alpha value is -3.49. The van der Waals surface area contributed by atoms with Crippen LogP contribution >= 0.6 is 62.2 Å². The number of benzene rings is 3. The fourth-order valence-electron chi connectivity index (χ4n) is 5.18. The van der Waals surface area contributed by atoms with Crippen molar-refractivity contribution in [3.8, 4) is 0 Å². The van der Waals surface area contributed by atoms with Gasteiger partial charge in [-0.1, -0.05) is 74.4 Å². The number of nitrogens with zero attached hydrogens (tertiary/aromatic N) is 3. The van der Waals surface area contributed by atoms with Gasteiger partial charge in [0.05, 0.1) is 31.6 Å². The number of hydrogen-bond donors (Lipinski definition) is 1. The lowest BCUT2D eigenvalue weighted by Gasteiger charge is -2.30. The molecule has 1 N–H and O–H groups in total. The number of fused-ring (bicyclic) bond motifs is 2. The van der Waals surface area contributed by atoms with E-state index in [-0.39, 0.29) is 22.9 Å². The summed E-state index contributed by atoms with van der Waals surface area (Å²) < 4.78 is 2.12. The Bertz CT molecular complexity index is 1880. The molecule has 3 heterocycles. The van der Waals surface area contributed by atoms with Gasteiger partial charge >= 0.3 is 4.87 Å². The topological polar surface area (TPSA) is 132 Å². The number of non-ortho nitro benzene ring substituents is 1. The van der Waals surface area contributed by atoms with Crippen LogP contribution in [0.4, 0.5) is 17.1 Å². The van der Waals surface area contributed by atoms with E-state index in [0.29, 0.717) is 20.6 Å². The molecule has 3 atom stereocenters. The lowest BCUT2D eigenvalue weighted by atomic mass is 9.83. The summed E-state index contributed by atoms with van der Waals surface area (Å²) in [6, 6.07) is 17.1. The van der Waals surface area contributed by atoms with E-state index in [2.05, 4.69) is 21.2 Å². The Morgan fingerprint density at radius 1 is 0.977 bits per heavy atom. The molecule has 10 nitrogen and oxygen atoms in total. The quantitative estimate of drug-likeness (QED) is 0.140. The smallest absolute Gasteiger partial charge is 0.308 e. The van der Waals surface area contributed by atoms with Crippen molar-refractivity contribution in [1.29, 1.82) is 0 Å². The highest BCUT2D eigenvalue weighted by molar-refractivity contribution is 9.10. The van der Waals surface area contributed by atoms with E-state index in [4.69, 9.17) is 23.2 Å². The van der Waals surface area contributed by atoms with Gasteiger partial charge in [-0.3, -0.25) is 33.9 Å². The molecule has 3 aromatic carbocycles. The third-order valence-electron chi connectivity index (χ3n) is 7.10. The molecule has 0 aliphatic carbocycles. The summed E-state index contributed by atoms with van der Waals surface area (Å²) in [4.78, 5) is 65.9. The minimum atomic E-state index is -0.901. The van der Waals surface area contributed by atoms with Crippen molar-refractivity contribution in [3.05, 3.63) is 111 Å². The van der Waals surface area contributed by atoms with Crippen LogP contribution in [0.25, 0.3) is 0 Å². The lowest BCUT2D eigenvalue weighted by Crippen LogP contribution is -2.33. The number of carbonyl (C=O) groups is 3. The van der Waals surface area contributed by atoms with E-state index in [0.717, 1.165) is 38.0 Å². The van der Waals surface area contributed by atoms with Gasteiger partial charge in [0.15, 0.2) is 0 Å². The first-order chi connectivity index (χ1) is 20.5. The fraction of sp³-hybridized carbons (Fsp3) is 0.143. The number of nitro benzene ring substituents is 1. The first kappa shape index (κ1) is 29.6. The number of hydrogen-bond acceptors (Lipinski definition) is 8. The monoisotopic (exact) mass is 718 g/mol. The zero-order valence-corrected chi connectivity index (χ0v) is 26.3. The number of thioether (sulfide) groups is 1. The highest BCUT2D eigenvalue weighted by Gasteiger charge is 2.56. The number of rotatable bonds is 6. The normalized spacial score (nSPS) is 19.2. The molecular weight excluding hydrogens is 703 g/mol. The zero-order valence-electron chi connectivity index (χ0n) is 21.5. The maximum atomic E-state index is 13.9. The highest BCUT2D eigenvalue weighted by atomic mass is 79.9. The Labute approximate surface area is 269 Å². The van der Waals surface area contributed by atoms with Crippen molar-refractivity contribution in [1.82, 2.24) is 4.57 Å². The first-order valence-corrected chi connectivity index (χ1v) is 15.8. The second kappa shape index (κ2) is 11.5. The number of carbonyl (C=O) groups excluding carboxylic acids is 3. The summed E-state index contributed by atoms with van der Waals surface area (Å²) in [7, 11) is 0. The number of nitro groups is 1. The molecule has 218 valence electrons. The molecule has 2 aliphatic heterocycles. The average Bonchev–Trinajstić information content (AvgIpc) is 3.41. The summed E-state index contributed by atoms with van der Waals surface area (Å²) in [5.41, 5.74) is 1.16. The van der Waals surface area contributed by atoms with Gasteiger partial charge in [-0.15, -0.1) is 0 Å². The Morgan fingerprint density at radius 3 is 2.33 bits per heavy atom. The lowest BCUT2D eigenvalue weighted by molar-refractivity contribution is -0.384. The van der Waals surface area contributed by atoms with Crippen LogP contribution in [0.1, 0.15) is 16.4 Å². The van der Waals surface area contributed by atoms with Crippen molar-refractivity contribution in [2.75, 3.05) is 10.2 Å². The van der Waals surface area contributed by atoms with Crippen molar-refractivity contribution in [2.45, 2.75) is 22.7 Å². The van der Waals surface area contributed by atoms with Gasteiger partial charge in [0.1, 0.15) is 11.8 Å². The van der Waals surface area contributed by atoms with Crippen LogP contribution in [0.5, 0.6) is 0 Å². The maximum absolute atomic E-state index is 13.9. The predicted octanol–water partition coefficient (Wildman–Crippen LogP) is 6.32. The van der Waals surface area contributed by atoms with E-state index in [1.54, 1.807) is 6.07 Å². The fourth-order valence-corrected chi connectivity index (χ4v) is 8.52. The molecule has 4 aromatic rings. The number of halogens is 3. The molecule has 0 radical (unpaired) electrons. The van der Waals surface area contributed by atoms with Gasteiger partial charge < -0.3 is 5.32 Å². The molecule has 0 bridgehead atoms. The second-order valence-corrected chi connectivity index (χ2v) is 13.5. The van der Waals surface area contributed by atoms with E-state index >= 15 is 0 Å². The second-order valence-electron chi connectivity index (χ2n) is 9.68. The maximum Gasteiger partial charge on any atom is 0.308 e. The number of imide groups is 1. The Balaban J connectivity index is 1.39. The Morgan fingerprint density at radius 2 is 1.67 bits per heavy atom. The van der Waals surface area contributed by atoms with Crippen LogP contribution in [0.15, 0.2) is 81.0 Å². The Kier molecular flexibility index (Phi) is 7.94. The molecule has 43 heavy (non-hydrogen) atoms. The number of anilines is 2. The molecule has 6 rings (SSSR count). The number of aromatic nitrogens is 1. The van der Waals surface area contributed by atoms with E-state index in [1.807, 2.05) is 24.3 Å². The first-order valence-electron chi connectivity index (χ1n) is 12.6. The third kappa shape index (κ3) is 5.40. The molecule has 1 aromatic heterocycles. The van der Waals surface area contributed by atoms with E-state index in [9.17, 15) is 29.3 Å². The van der Waals surface area contributed by atoms with Gasteiger partial charge in [-0.2, -0.15) is 0 Å². The average molecular weight is 720 g/mol. The van der Waals surface area contributed by atoms with Crippen molar-refractivity contribution >= 4 is 97.0 Å². The molecule has 1 fully saturated rings. The highest BCUT2D eigenvalue weighted by Crippen LogP contribution is 2.54. The SMILES string of the molecule is O=C(Cn1c2c(sc1=O)[C@H](c1ccc(Br)cc1)C1C(=O)N(c3ccc([N+](=O)[O-])cc3)C(=O)C1S2)Nc1ccc(Cl)c(Cl)c1. The molecule has 15 heteroatoms. The third-order valence-corrected chi connectivity index (χ3v) is 11.0. The summed E-state index contributed by atoms with van der Waals surface area (Å²) in [5, 5.41) is 14.0. The van der Waals surface area contributed by atoms with Crippen molar-refractivity contribution < 1.29 is 19.3 Å². The molecule has 3 amide bonds. The van der Waals surface area contributed by atoms with Gasteiger partial charge in [-0.25, -0.2) is 4.90 Å². The van der Waals surface area contributed by atoms with Crippen LogP contribution in [0.2, 0.25) is 10.0 Å². The molecule has 2 unspecified atom stereocenters. The van der Waals surface area contributed by atoms with E-state index < -0.39 is 44.6 Å². The molecule has 0 spiro atoms. The standard InChI is InChI=1S/C28H17BrCl2N4O6S2/c29-14-3-1-13(2-4-14)21-22-23(26(38)34(25(22)37)16-6-8-17(9-7-16)35(40)41)42-27-24(21)43-28(39)33(27)12-20(36)32-15-5-10-18(30)19(31)11-15/h1-11,21-23H,12H2,(H,32,36)/t21-,22?,23?/m1/s1.